The molecule has 2 rings (SSSR count). The fourth-order valence-electron chi connectivity index (χ4n) is 2.32. The van der Waals surface area contributed by atoms with Crippen molar-refractivity contribution in [3.63, 3.8) is 0 Å². The molecular weight excluding hydrogens is 356 g/mol. The van der Waals surface area contributed by atoms with Gasteiger partial charge in [0.05, 0.1) is 19.5 Å². The Hall–Kier alpha value is -2.95. The number of hydrogen-bond donors (Lipinski definition) is 3. The molecule has 0 bridgehead atoms. The van der Waals surface area contributed by atoms with E-state index in [9.17, 15) is 14.4 Å². The van der Waals surface area contributed by atoms with Gasteiger partial charge >= 0.3 is 11.9 Å². The molecule has 27 heavy (non-hydrogen) atoms. The van der Waals surface area contributed by atoms with Crippen molar-refractivity contribution in [2.75, 3.05) is 18.9 Å². The number of anilines is 1. The van der Waals surface area contributed by atoms with E-state index in [2.05, 4.69) is 15.0 Å². The number of H-pyrrole nitrogens is 1. The number of carbonyl (C=O) groups excluding carboxylic acids is 2. The zero-order valence-electron chi connectivity index (χ0n) is 15.3. The van der Waals surface area contributed by atoms with Crippen molar-refractivity contribution in [1.82, 2.24) is 19.5 Å². The number of nitrogens with zero attached hydrogens (tertiary/aromatic N) is 3. The summed E-state index contributed by atoms with van der Waals surface area (Å²) in [5.41, 5.74) is 11.2. The molecule has 0 fully saturated rings. The lowest BCUT2D eigenvalue weighted by Gasteiger charge is -2.18. The molecule has 0 aliphatic rings. The number of ether oxygens (including phenoxy) is 2. The van der Waals surface area contributed by atoms with Crippen molar-refractivity contribution in [2.24, 2.45) is 11.7 Å². The van der Waals surface area contributed by atoms with E-state index in [1.54, 1.807) is 11.5 Å². The smallest absolute Gasteiger partial charge is 0.322 e. The Bertz CT molecular complexity index is 859. The first kappa shape index (κ1) is 20.4. The van der Waals surface area contributed by atoms with Crippen LogP contribution in [0.2, 0.25) is 0 Å². The lowest BCUT2D eigenvalue weighted by atomic mass is 10.1. The zero-order valence-corrected chi connectivity index (χ0v) is 15.3. The monoisotopic (exact) mass is 380 g/mol. The molecule has 0 aromatic carbocycles. The van der Waals surface area contributed by atoms with Crippen molar-refractivity contribution >= 4 is 29.1 Å². The highest BCUT2D eigenvalue weighted by Gasteiger charge is 2.18. The highest BCUT2D eigenvalue weighted by atomic mass is 16.5. The Morgan fingerprint density at radius 1 is 1.33 bits per heavy atom. The number of aromatic amines is 1. The van der Waals surface area contributed by atoms with Crippen LogP contribution in [0.1, 0.15) is 26.7 Å². The topological polar surface area (TPSA) is 168 Å². The van der Waals surface area contributed by atoms with Crippen LogP contribution in [0.3, 0.4) is 0 Å². The minimum Gasteiger partial charge on any atom is -0.465 e. The summed E-state index contributed by atoms with van der Waals surface area (Å²) in [6.07, 6.45) is 2.23. The molecule has 1 unspecified atom stereocenters. The van der Waals surface area contributed by atoms with Crippen LogP contribution in [0, 0.1) is 5.92 Å². The Balaban J connectivity index is 2.06. The molecule has 148 valence electrons. The van der Waals surface area contributed by atoms with E-state index in [4.69, 9.17) is 20.9 Å². The standard InChI is InChI=1S/C16H24N6O5/c1-3-11(23)26-6-10(7-27-15(25)9(2)17)4-5-22-8-19-12-13(22)20-16(18)21-14(12)24/h8-10H,3-7,17H2,1-2H3,(H3,18,20,21,24)/t9-,10?/m0/s1. The predicted octanol–water partition coefficient (Wildman–Crippen LogP) is -0.448. The number of hydrogen-bond acceptors (Lipinski definition) is 9. The number of aryl methyl sites for hydroxylation is 1. The maximum absolute atomic E-state index is 11.8. The highest BCUT2D eigenvalue weighted by Crippen LogP contribution is 2.12. The summed E-state index contributed by atoms with van der Waals surface area (Å²) in [7, 11) is 0. The molecule has 2 aromatic rings. The van der Waals surface area contributed by atoms with Gasteiger partial charge in [0.15, 0.2) is 11.2 Å². The van der Waals surface area contributed by atoms with Crippen LogP contribution in [-0.4, -0.2) is 50.7 Å². The van der Waals surface area contributed by atoms with E-state index in [1.165, 1.54) is 13.3 Å². The number of nitrogens with two attached hydrogens (primary N) is 2. The number of rotatable bonds is 9. The van der Waals surface area contributed by atoms with Crippen molar-refractivity contribution in [1.29, 1.82) is 0 Å². The third kappa shape index (κ3) is 5.51. The lowest BCUT2D eigenvalue weighted by molar-refractivity contribution is -0.149. The molecule has 0 amide bonds. The molecule has 0 aliphatic carbocycles. The van der Waals surface area contributed by atoms with Crippen LogP contribution < -0.4 is 17.0 Å². The summed E-state index contributed by atoms with van der Waals surface area (Å²) < 4.78 is 12.0. The van der Waals surface area contributed by atoms with E-state index in [1.807, 2.05) is 0 Å². The summed E-state index contributed by atoms with van der Waals surface area (Å²) in [5, 5.41) is 0. The Labute approximate surface area is 155 Å². The quantitative estimate of drug-likeness (QED) is 0.488. The summed E-state index contributed by atoms with van der Waals surface area (Å²) in [6.45, 7) is 3.79. The zero-order chi connectivity index (χ0) is 20.0. The summed E-state index contributed by atoms with van der Waals surface area (Å²) in [5.74, 6) is -1.13. The summed E-state index contributed by atoms with van der Waals surface area (Å²) >= 11 is 0. The fraction of sp³-hybridized carbons (Fsp3) is 0.562. The molecule has 0 radical (unpaired) electrons. The van der Waals surface area contributed by atoms with Crippen LogP contribution in [0.15, 0.2) is 11.1 Å². The molecule has 0 aliphatic heterocycles. The number of nitrogen functional groups attached to an aromatic ring is 1. The van der Waals surface area contributed by atoms with Gasteiger partial charge in [-0.25, -0.2) is 4.98 Å². The van der Waals surface area contributed by atoms with Crippen molar-refractivity contribution in [2.45, 2.75) is 39.3 Å². The van der Waals surface area contributed by atoms with Crippen molar-refractivity contribution in [3.8, 4) is 0 Å². The van der Waals surface area contributed by atoms with Crippen molar-refractivity contribution in [3.05, 3.63) is 16.7 Å². The van der Waals surface area contributed by atoms with Gasteiger partial charge in [0.1, 0.15) is 6.04 Å². The van der Waals surface area contributed by atoms with Crippen LogP contribution in [-0.2, 0) is 25.6 Å². The molecule has 0 saturated heterocycles. The van der Waals surface area contributed by atoms with Gasteiger partial charge in [-0.1, -0.05) is 6.92 Å². The molecule has 0 saturated carbocycles. The van der Waals surface area contributed by atoms with Gasteiger partial charge in [0.25, 0.3) is 5.56 Å². The van der Waals surface area contributed by atoms with E-state index < -0.39 is 17.6 Å². The molecule has 2 heterocycles. The van der Waals surface area contributed by atoms with E-state index in [-0.39, 0.29) is 43.0 Å². The third-order valence-electron chi connectivity index (χ3n) is 3.87. The second-order valence-electron chi connectivity index (χ2n) is 6.17. The summed E-state index contributed by atoms with van der Waals surface area (Å²) in [6, 6.07) is -0.736. The van der Waals surface area contributed by atoms with Crippen LogP contribution in [0.4, 0.5) is 5.95 Å². The molecule has 11 nitrogen and oxygen atoms in total. The number of aromatic nitrogens is 4. The first-order valence-corrected chi connectivity index (χ1v) is 8.60. The number of esters is 2. The average molecular weight is 380 g/mol. The van der Waals surface area contributed by atoms with Crippen LogP contribution >= 0.6 is 0 Å². The van der Waals surface area contributed by atoms with Crippen molar-refractivity contribution < 1.29 is 19.1 Å². The van der Waals surface area contributed by atoms with E-state index >= 15 is 0 Å². The molecular formula is C16H24N6O5. The second-order valence-corrected chi connectivity index (χ2v) is 6.17. The first-order chi connectivity index (χ1) is 12.8. The van der Waals surface area contributed by atoms with Gasteiger partial charge in [-0.3, -0.25) is 19.4 Å². The minimum atomic E-state index is -0.736. The fourth-order valence-corrected chi connectivity index (χ4v) is 2.32. The number of imidazole rings is 1. The first-order valence-electron chi connectivity index (χ1n) is 8.60. The number of nitrogens with one attached hydrogen (secondary N) is 1. The van der Waals surface area contributed by atoms with Gasteiger partial charge < -0.3 is 25.5 Å². The molecule has 2 atom stereocenters. The lowest BCUT2D eigenvalue weighted by Crippen LogP contribution is -2.31. The number of carbonyl (C=O) groups is 2. The van der Waals surface area contributed by atoms with E-state index in [0.29, 0.717) is 18.6 Å². The van der Waals surface area contributed by atoms with Crippen LogP contribution in [0.5, 0.6) is 0 Å². The maximum atomic E-state index is 11.8. The molecule has 2 aromatic heterocycles. The second kappa shape index (κ2) is 9.12. The Morgan fingerprint density at radius 3 is 2.70 bits per heavy atom. The van der Waals surface area contributed by atoms with Crippen LogP contribution in [0.25, 0.3) is 11.2 Å². The molecule has 5 N–H and O–H groups in total. The summed E-state index contributed by atoms with van der Waals surface area (Å²) in [4.78, 5) is 45.3. The Kier molecular flexibility index (Phi) is 6.88. The predicted molar refractivity (Wildman–Crippen MR) is 96.5 cm³/mol. The maximum Gasteiger partial charge on any atom is 0.322 e. The largest absolute Gasteiger partial charge is 0.465 e. The molecule has 11 heteroatoms. The third-order valence-corrected chi connectivity index (χ3v) is 3.87. The number of fused-ring (bicyclic) bond motifs is 1. The highest BCUT2D eigenvalue weighted by molar-refractivity contribution is 5.74. The van der Waals surface area contributed by atoms with Gasteiger partial charge in [0, 0.05) is 18.9 Å². The minimum absolute atomic E-state index is 0.00598. The SMILES string of the molecule is CCC(=O)OCC(CCn1cnc2c(=O)[nH]c(N)nc21)COC(=O)[C@H](C)N. The Morgan fingerprint density at radius 2 is 2.04 bits per heavy atom. The normalized spacial score (nSPS) is 13.3. The van der Waals surface area contributed by atoms with Gasteiger partial charge in [-0.15, -0.1) is 0 Å². The average Bonchev–Trinajstić information content (AvgIpc) is 3.03. The van der Waals surface area contributed by atoms with Gasteiger partial charge in [-0.2, -0.15) is 4.98 Å². The molecule has 0 spiro atoms. The van der Waals surface area contributed by atoms with E-state index in [0.717, 1.165) is 0 Å². The van der Waals surface area contributed by atoms with Gasteiger partial charge in [-0.05, 0) is 13.3 Å². The van der Waals surface area contributed by atoms with Gasteiger partial charge in [0.2, 0.25) is 5.95 Å².